The molecule has 0 spiro atoms. The number of aromatic nitrogens is 2. The van der Waals surface area contributed by atoms with Crippen molar-refractivity contribution in [1.82, 2.24) is 9.97 Å². The fourth-order valence-electron chi connectivity index (χ4n) is 1.42. The lowest BCUT2D eigenvalue weighted by Crippen LogP contribution is -2.17. The Bertz CT molecular complexity index is 282. The van der Waals surface area contributed by atoms with Crippen molar-refractivity contribution in [2.24, 2.45) is 5.92 Å². The summed E-state index contributed by atoms with van der Waals surface area (Å²) < 4.78 is 0. The molecule has 0 saturated heterocycles. The summed E-state index contributed by atoms with van der Waals surface area (Å²) in [6.07, 6.45) is 3.33. The van der Waals surface area contributed by atoms with Crippen molar-refractivity contribution >= 4 is 5.78 Å². The first-order valence-electron chi connectivity index (χ1n) is 4.40. The number of hydrogen-bond donors (Lipinski definition) is 0. The minimum Gasteiger partial charge on any atom is -0.299 e. The van der Waals surface area contributed by atoms with Crippen LogP contribution in [0.1, 0.15) is 32.5 Å². The molecule has 1 aromatic heterocycles. The quantitative estimate of drug-likeness (QED) is 0.708. The molecule has 0 aliphatic carbocycles. The van der Waals surface area contributed by atoms with E-state index in [0.29, 0.717) is 5.82 Å². The smallest absolute Gasteiger partial charge is 0.140 e. The Labute approximate surface area is 78.2 Å². The molecule has 1 unspecified atom stereocenters. The average Bonchev–Trinajstić information content (AvgIpc) is 2.04. The van der Waals surface area contributed by atoms with Gasteiger partial charge in [-0.2, -0.15) is 0 Å². The highest BCUT2D eigenvalue weighted by Crippen LogP contribution is 2.21. The molecule has 0 radical (unpaired) electrons. The molecule has 1 heterocycles. The van der Waals surface area contributed by atoms with Gasteiger partial charge in [0.15, 0.2) is 0 Å². The van der Waals surface area contributed by atoms with Crippen LogP contribution in [-0.4, -0.2) is 15.8 Å². The monoisotopic (exact) mass is 178 g/mol. The van der Waals surface area contributed by atoms with Crippen LogP contribution in [0.15, 0.2) is 18.5 Å². The number of ketones is 1. The molecule has 0 saturated carbocycles. The van der Waals surface area contributed by atoms with E-state index in [2.05, 4.69) is 9.97 Å². The van der Waals surface area contributed by atoms with E-state index in [9.17, 15) is 4.79 Å². The Morgan fingerprint density at radius 3 is 2.23 bits per heavy atom. The molecule has 0 fully saturated rings. The van der Waals surface area contributed by atoms with E-state index in [1.54, 1.807) is 25.4 Å². The van der Waals surface area contributed by atoms with Crippen molar-refractivity contribution in [2.75, 3.05) is 0 Å². The van der Waals surface area contributed by atoms with Gasteiger partial charge in [-0.15, -0.1) is 0 Å². The second-order valence-electron chi connectivity index (χ2n) is 3.44. The predicted octanol–water partition coefficient (Wildman–Crippen LogP) is 1.81. The summed E-state index contributed by atoms with van der Waals surface area (Å²) in [5, 5.41) is 0. The molecule has 0 aromatic carbocycles. The van der Waals surface area contributed by atoms with Crippen molar-refractivity contribution in [3.8, 4) is 0 Å². The van der Waals surface area contributed by atoms with E-state index in [1.807, 2.05) is 13.8 Å². The summed E-state index contributed by atoms with van der Waals surface area (Å²) in [6.45, 7) is 5.59. The Kier molecular flexibility index (Phi) is 3.12. The van der Waals surface area contributed by atoms with Crippen LogP contribution in [-0.2, 0) is 4.79 Å². The zero-order chi connectivity index (χ0) is 9.84. The summed E-state index contributed by atoms with van der Waals surface area (Å²) in [5.41, 5.74) is 0. The van der Waals surface area contributed by atoms with Gasteiger partial charge in [0.05, 0.1) is 5.92 Å². The fraction of sp³-hybridized carbons (Fsp3) is 0.500. The second kappa shape index (κ2) is 4.12. The first-order valence-corrected chi connectivity index (χ1v) is 4.40. The van der Waals surface area contributed by atoms with Crippen LogP contribution in [0, 0.1) is 5.92 Å². The highest BCUT2D eigenvalue weighted by molar-refractivity contribution is 5.82. The molecule has 1 rings (SSSR count). The SMILES string of the molecule is CC(=O)C(c1ncccn1)C(C)C. The van der Waals surface area contributed by atoms with E-state index < -0.39 is 0 Å². The molecule has 0 bridgehead atoms. The first-order chi connectivity index (χ1) is 6.13. The molecule has 13 heavy (non-hydrogen) atoms. The van der Waals surface area contributed by atoms with Crippen molar-refractivity contribution in [1.29, 1.82) is 0 Å². The van der Waals surface area contributed by atoms with E-state index in [4.69, 9.17) is 0 Å². The highest BCUT2D eigenvalue weighted by Gasteiger charge is 2.22. The van der Waals surface area contributed by atoms with Crippen LogP contribution in [0.25, 0.3) is 0 Å². The maximum Gasteiger partial charge on any atom is 0.140 e. The van der Waals surface area contributed by atoms with Crippen LogP contribution < -0.4 is 0 Å². The fourth-order valence-corrected chi connectivity index (χ4v) is 1.42. The third-order valence-electron chi connectivity index (χ3n) is 1.97. The normalized spacial score (nSPS) is 12.9. The van der Waals surface area contributed by atoms with Crippen LogP contribution in [0.4, 0.5) is 0 Å². The summed E-state index contributed by atoms with van der Waals surface area (Å²) in [6, 6.07) is 1.75. The zero-order valence-electron chi connectivity index (χ0n) is 8.19. The first kappa shape index (κ1) is 9.84. The Morgan fingerprint density at radius 2 is 1.85 bits per heavy atom. The number of nitrogens with zero attached hydrogens (tertiary/aromatic N) is 2. The standard InChI is InChI=1S/C10H14N2O/c1-7(2)9(8(3)13)10-11-5-4-6-12-10/h4-7,9H,1-3H3. The molecule has 0 amide bonds. The summed E-state index contributed by atoms with van der Waals surface area (Å²) >= 11 is 0. The molecule has 3 nitrogen and oxygen atoms in total. The lowest BCUT2D eigenvalue weighted by molar-refractivity contribution is -0.119. The molecule has 70 valence electrons. The molecular formula is C10H14N2O. The number of carbonyl (C=O) groups excluding carboxylic acids is 1. The molecule has 1 aromatic rings. The average molecular weight is 178 g/mol. The van der Waals surface area contributed by atoms with Gasteiger partial charge in [-0.3, -0.25) is 4.79 Å². The van der Waals surface area contributed by atoms with Gasteiger partial charge >= 0.3 is 0 Å². The van der Waals surface area contributed by atoms with E-state index >= 15 is 0 Å². The van der Waals surface area contributed by atoms with Gasteiger partial charge in [0.25, 0.3) is 0 Å². The van der Waals surface area contributed by atoms with Crippen molar-refractivity contribution in [2.45, 2.75) is 26.7 Å². The Morgan fingerprint density at radius 1 is 1.31 bits per heavy atom. The number of rotatable bonds is 3. The van der Waals surface area contributed by atoms with Gasteiger partial charge in [0.2, 0.25) is 0 Å². The van der Waals surface area contributed by atoms with Crippen LogP contribution in [0.5, 0.6) is 0 Å². The topological polar surface area (TPSA) is 42.9 Å². The van der Waals surface area contributed by atoms with Gasteiger partial charge < -0.3 is 0 Å². The number of hydrogen-bond acceptors (Lipinski definition) is 3. The van der Waals surface area contributed by atoms with E-state index in [0.717, 1.165) is 0 Å². The minimum absolute atomic E-state index is 0.126. The largest absolute Gasteiger partial charge is 0.299 e. The van der Waals surface area contributed by atoms with Gasteiger partial charge in [0, 0.05) is 12.4 Å². The van der Waals surface area contributed by atoms with E-state index in [1.165, 1.54) is 0 Å². The molecular weight excluding hydrogens is 164 g/mol. The number of Topliss-reactive ketones (excluding diaryl/α,β-unsaturated/α-hetero) is 1. The molecule has 3 heteroatoms. The van der Waals surface area contributed by atoms with Gasteiger partial charge in [-0.25, -0.2) is 9.97 Å². The predicted molar refractivity (Wildman–Crippen MR) is 50.3 cm³/mol. The summed E-state index contributed by atoms with van der Waals surface area (Å²) in [7, 11) is 0. The second-order valence-corrected chi connectivity index (χ2v) is 3.44. The van der Waals surface area contributed by atoms with Crippen LogP contribution >= 0.6 is 0 Å². The minimum atomic E-state index is -0.166. The van der Waals surface area contributed by atoms with Crippen molar-refractivity contribution < 1.29 is 4.79 Å². The third kappa shape index (κ3) is 2.34. The Balaban J connectivity index is 2.96. The van der Waals surface area contributed by atoms with Gasteiger partial charge in [-0.1, -0.05) is 13.8 Å². The maximum atomic E-state index is 11.3. The molecule has 1 atom stereocenters. The molecule has 0 aliphatic heterocycles. The third-order valence-corrected chi connectivity index (χ3v) is 1.97. The molecule has 0 N–H and O–H groups in total. The van der Waals surface area contributed by atoms with Crippen LogP contribution in [0.3, 0.4) is 0 Å². The van der Waals surface area contributed by atoms with Crippen molar-refractivity contribution in [3.63, 3.8) is 0 Å². The lowest BCUT2D eigenvalue weighted by atomic mass is 9.91. The van der Waals surface area contributed by atoms with Gasteiger partial charge in [-0.05, 0) is 18.9 Å². The lowest BCUT2D eigenvalue weighted by Gasteiger charge is -2.15. The summed E-state index contributed by atoms with van der Waals surface area (Å²) in [4.78, 5) is 19.5. The Hall–Kier alpha value is -1.25. The summed E-state index contributed by atoms with van der Waals surface area (Å²) in [5.74, 6) is 0.840. The highest BCUT2D eigenvalue weighted by atomic mass is 16.1. The van der Waals surface area contributed by atoms with Crippen molar-refractivity contribution in [3.05, 3.63) is 24.3 Å². The van der Waals surface area contributed by atoms with Gasteiger partial charge in [0.1, 0.15) is 11.6 Å². The zero-order valence-corrected chi connectivity index (χ0v) is 8.19. The molecule has 0 aliphatic rings. The van der Waals surface area contributed by atoms with Crippen LogP contribution in [0.2, 0.25) is 0 Å². The number of carbonyl (C=O) groups is 1. The maximum absolute atomic E-state index is 11.3. The van der Waals surface area contributed by atoms with E-state index in [-0.39, 0.29) is 17.6 Å².